The van der Waals surface area contributed by atoms with Crippen molar-refractivity contribution in [3.05, 3.63) is 77.2 Å². The van der Waals surface area contributed by atoms with Crippen LogP contribution < -0.4 is 14.8 Å². The van der Waals surface area contributed by atoms with E-state index in [2.05, 4.69) is 5.32 Å². The first kappa shape index (κ1) is 28.3. The zero-order valence-corrected chi connectivity index (χ0v) is 22.4. The number of amides is 3. The fourth-order valence-corrected chi connectivity index (χ4v) is 4.71. The van der Waals surface area contributed by atoms with Gasteiger partial charge in [0, 0.05) is 25.4 Å². The number of benzene rings is 2. The number of fused-ring (bicyclic) bond motifs is 1. The average Bonchev–Trinajstić information content (AvgIpc) is 3.70. The number of carbonyl (C=O) groups is 2. The maximum absolute atomic E-state index is 13.7. The molecule has 3 amide bonds. The van der Waals surface area contributed by atoms with E-state index in [1.165, 1.54) is 17.0 Å². The van der Waals surface area contributed by atoms with Crippen LogP contribution >= 0.6 is 0 Å². The van der Waals surface area contributed by atoms with Crippen LogP contribution in [0.1, 0.15) is 35.5 Å². The van der Waals surface area contributed by atoms with E-state index < -0.39 is 17.8 Å². The minimum atomic E-state index is -4.49. The van der Waals surface area contributed by atoms with Crippen LogP contribution in [0, 0.1) is 6.92 Å². The fourth-order valence-electron chi connectivity index (χ4n) is 4.71. The van der Waals surface area contributed by atoms with Gasteiger partial charge in [0.15, 0.2) is 11.5 Å². The van der Waals surface area contributed by atoms with Gasteiger partial charge in [0.25, 0.3) is 0 Å². The molecule has 2 aliphatic rings. The van der Waals surface area contributed by atoms with Gasteiger partial charge in [-0.15, -0.1) is 0 Å². The van der Waals surface area contributed by atoms with E-state index in [0.717, 1.165) is 30.5 Å². The molecule has 1 aromatic heterocycles. The Balaban J connectivity index is 1.33. The largest absolute Gasteiger partial charge is 0.464 e. The summed E-state index contributed by atoms with van der Waals surface area (Å²) in [6.07, 6.45) is -3.18. The van der Waals surface area contributed by atoms with Crippen molar-refractivity contribution in [2.45, 2.75) is 45.1 Å². The normalized spacial score (nSPS) is 16.0. The Kier molecular flexibility index (Phi) is 8.39. The SMILES string of the molecule is Cc1ccc(CN(Cc2ccc3c(c2)OCO3)C(=O)CN(CC2CCCO2)C(=O)Nc2ccc(C(F)(F)F)cc2)o1. The topological polar surface area (TPSA) is 93.5 Å². The first-order chi connectivity index (χ1) is 19.6. The van der Waals surface area contributed by atoms with Crippen molar-refractivity contribution in [2.24, 2.45) is 0 Å². The minimum Gasteiger partial charge on any atom is -0.464 e. The summed E-state index contributed by atoms with van der Waals surface area (Å²) in [6.45, 7) is 2.73. The van der Waals surface area contributed by atoms with E-state index in [9.17, 15) is 22.8 Å². The van der Waals surface area contributed by atoms with E-state index in [1.807, 2.05) is 13.0 Å². The lowest BCUT2D eigenvalue weighted by molar-refractivity contribution is -0.137. The number of hydrogen-bond donors (Lipinski definition) is 1. The number of halogens is 3. The second-order valence-corrected chi connectivity index (χ2v) is 9.97. The van der Waals surface area contributed by atoms with Crippen LogP contribution in [0.5, 0.6) is 11.5 Å². The standard InChI is InChI=1S/C29H30F3N3O6/c1-19-4-10-24(41-19)16-34(14-20-5-11-25-26(13-20)40-18-39-25)27(36)17-35(15-23-3-2-12-38-23)28(37)33-22-8-6-21(7-9-22)29(30,31)32/h4-11,13,23H,2-3,12,14-18H2,1H3,(H,33,37). The van der Waals surface area contributed by atoms with Crippen molar-refractivity contribution >= 4 is 17.6 Å². The number of aryl methyl sites for hydroxylation is 1. The van der Waals surface area contributed by atoms with Crippen LogP contribution in [0.4, 0.5) is 23.7 Å². The van der Waals surface area contributed by atoms with Crippen molar-refractivity contribution in [3.63, 3.8) is 0 Å². The van der Waals surface area contributed by atoms with Gasteiger partial charge < -0.3 is 33.7 Å². The van der Waals surface area contributed by atoms with Gasteiger partial charge in [-0.1, -0.05) is 6.07 Å². The summed E-state index contributed by atoms with van der Waals surface area (Å²) >= 11 is 0. The molecule has 0 bridgehead atoms. The molecule has 1 atom stereocenters. The zero-order valence-electron chi connectivity index (χ0n) is 22.4. The maximum Gasteiger partial charge on any atom is 0.416 e. The van der Waals surface area contributed by atoms with Gasteiger partial charge in [-0.2, -0.15) is 13.2 Å². The Labute approximate surface area is 234 Å². The number of furan rings is 1. The quantitative estimate of drug-likeness (QED) is 0.360. The highest BCUT2D eigenvalue weighted by Gasteiger charge is 2.31. The lowest BCUT2D eigenvalue weighted by Crippen LogP contribution is -2.46. The molecular formula is C29H30F3N3O6. The molecule has 5 rings (SSSR count). The first-order valence-electron chi connectivity index (χ1n) is 13.2. The van der Waals surface area contributed by atoms with Crippen molar-refractivity contribution in [1.29, 1.82) is 0 Å². The van der Waals surface area contributed by atoms with Crippen LogP contribution in [0.2, 0.25) is 0 Å². The molecule has 1 N–H and O–H groups in total. The highest BCUT2D eigenvalue weighted by Crippen LogP contribution is 2.33. The predicted octanol–water partition coefficient (Wildman–Crippen LogP) is 5.58. The molecule has 41 heavy (non-hydrogen) atoms. The number of hydrogen-bond acceptors (Lipinski definition) is 6. The Bertz CT molecular complexity index is 1370. The Morgan fingerprint density at radius 2 is 1.76 bits per heavy atom. The monoisotopic (exact) mass is 573 g/mol. The summed E-state index contributed by atoms with van der Waals surface area (Å²) < 4.78 is 61.2. The van der Waals surface area contributed by atoms with Gasteiger partial charge in [0.1, 0.15) is 18.1 Å². The number of carbonyl (C=O) groups excluding carboxylic acids is 2. The van der Waals surface area contributed by atoms with E-state index in [4.69, 9.17) is 18.6 Å². The molecular weight excluding hydrogens is 543 g/mol. The van der Waals surface area contributed by atoms with Crippen molar-refractivity contribution in [3.8, 4) is 11.5 Å². The van der Waals surface area contributed by atoms with Gasteiger partial charge in [-0.3, -0.25) is 4.79 Å². The van der Waals surface area contributed by atoms with Crippen LogP contribution in [0.25, 0.3) is 0 Å². The lowest BCUT2D eigenvalue weighted by atomic mass is 10.1. The number of nitrogens with one attached hydrogen (secondary N) is 1. The summed E-state index contributed by atoms with van der Waals surface area (Å²) in [5, 5.41) is 2.61. The number of rotatable bonds is 9. The highest BCUT2D eigenvalue weighted by molar-refractivity contribution is 5.92. The summed E-state index contributed by atoms with van der Waals surface area (Å²) in [5.74, 6) is 2.14. The summed E-state index contributed by atoms with van der Waals surface area (Å²) in [4.78, 5) is 29.9. The molecule has 1 saturated heterocycles. The Morgan fingerprint density at radius 3 is 2.44 bits per heavy atom. The van der Waals surface area contributed by atoms with E-state index in [-0.39, 0.29) is 50.7 Å². The molecule has 3 aromatic rings. The summed E-state index contributed by atoms with van der Waals surface area (Å²) in [7, 11) is 0. The second kappa shape index (κ2) is 12.1. The van der Waals surface area contributed by atoms with Gasteiger partial charge in [-0.05, 0) is 73.9 Å². The van der Waals surface area contributed by atoms with Crippen molar-refractivity contribution in [2.75, 3.05) is 31.8 Å². The lowest BCUT2D eigenvalue weighted by Gasteiger charge is -2.29. The van der Waals surface area contributed by atoms with Crippen molar-refractivity contribution < 1.29 is 41.4 Å². The molecule has 218 valence electrons. The van der Waals surface area contributed by atoms with Gasteiger partial charge in [0.05, 0.1) is 18.2 Å². The number of ether oxygens (including phenoxy) is 3. The molecule has 0 spiro atoms. The van der Waals surface area contributed by atoms with Gasteiger partial charge in [-0.25, -0.2) is 4.79 Å². The molecule has 1 fully saturated rings. The molecule has 9 nitrogen and oxygen atoms in total. The fraction of sp³-hybridized carbons (Fsp3) is 0.379. The maximum atomic E-state index is 13.7. The number of alkyl halides is 3. The molecule has 1 unspecified atom stereocenters. The Morgan fingerprint density at radius 1 is 0.976 bits per heavy atom. The van der Waals surface area contributed by atoms with Crippen LogP contribution in [0.15, 0.2) is 59.0 Å². The van der Waals surface area contributed by atoms with Crippen molar-refractivity contribution in [1.82, 2.24) is 9.80 Å². The molecule has 0 radical (unpaired) electrons. The average molecular weight is 574 g/mol. The second-order valence-electron chi connectivity index (χ2n) is 9.97. The summed E-state index contributed by atoms with van der Waals surface area (Å²) in [6, 6.07) is 12.5. The van der Waals surface area contributed by atoms with Gasteiger partial charge >= 0.3 is 12.2 Å². The molecule has 3 heterocycles. The highest BCUT2D eigenvalue weighted by atomic mass is 19.4. The third-order valence-electron chi connectivity index (χ3n) is 6.83. The number of urea groups is 1. The third-order valence-corrected chi connectivity index (χ3v) is 6.83. The number of anilines is 1. The molecule has 0 saturated carbocycles. The molecule has 2 aliphatic heterocycles. The third kappa shape index (κ3) is 7.31. The van der Waals surface area contributed by atoms with E-state index in [0.29, 0.717) is 29.6 Å². The predicted molar refractivity (Wildman–Crippen MR) is 141 cm³/mol. The summed E-state index contributed by atoms with van der Waals surface area (Å²) in [5.41, 5.74) is 0.149. The molecule has 0 aliphatic carbocycles. The molecule has 2 aromatic carbocycles. The van der Waals surface area contributed by atoms with E-state index >= 15 is 0 Å². The van der Waals surface area contributed by atoms with Gasteiger partial charge in [0.2, 0.25) is 12.7 Å². The van der Waals surface area contributed by atoms with Crippen LogP contribution in [-0.4, -0.2) is 54.3 Å². The van der Waals surface area contributed by atoms with Crippen LogP contribution in [0.3, 0.4) is 0 Å². The van der Waals surface area contributed by atoms with E-state index in [1.54, 1.807) is 29.2 Å². The smallest absolute Gasteiger partial charge is 0.416 e. The minimum absolute atomic E-state index is 0.124. The first-order valence-corrected chi connectivity index (χ1v) is 13.2. The Hall–Kier alpha value is -4.19. The number of nitrogens with zero attached hydrogens (tertiary/aromatic N) is 2. The zero-order chi connectivity index (χ0) is 29.0. The van der Waals surface area contributed by atoms with Crippen LogP contribution in [-0.2, 0) is 28.8 Å². The molecule has 12 heteroatoms.